The van der Waals surface area contributed by atoms with Gasteiger partial charge in [0, 0.05) is 16.0 Å². The van der Waals surface area contributed by atoms with Gasteiger partial charge in [-0.25, -0.2) is 9.78 Å². The summed E-state index contributed by atoms with van der Waals surface area (Å²) < 4.78 is 18.0. The van der Waals surface area contributed by atoms with E-state index < -0.39 is 5.97 Å². The van der Waals surface area contributed by atoms with Crippen LogP contribution in [0.5, 0.6) is 0 Å². The first kappa shape index (κ1) is 23.4. The number of nitrogens with zero attached hydrogens (tertiary/aromatic N) is 3. The van der Waals surface area contributed by atoms with E-state index in [4.69, 9.17) is 25.2 Å². The number of aromatic nitrogens is 2. The van der Waals surface area contributed by atoms with E-state index in [1.807, 2.05) is 0 Å². The average molecular weight is 524 g/mol. The number of ether oxygens (including phenoxy) is 1. The van der Waals surface area contributed by atoms with Crippen LogP contribution in [0.25, 0.3) is 44.8 Å². The summed E-state index contributed by atoms with van der Waals surface area (Å²) >= 11 is 6.14. The van der Waals surface area contributed by atoms with E-state index in [-0.39, 0.29) is 11.4 Å². The molecule has 0 aliphatic carbocycles. The topological polar surface area (TPSA) is 99.8 Å². The summed E-state index contributed by atoms with van der Waals surface area (Å²) in [5.41, 5.74) is 1.68. The van der Waals surface area contributed by atoms with Crippen LogP contribution >= 0.6 is 11.6 Å². The summed E-state index contributed by atoms with van der Waals surface area (Å²) in [4.78, 5) is 30.3. The van der Waals surface area contributed by atoms with Crippen molar-refractivity contribution in [3.8, 4) is 22.9 Å². The Kier molecular flexibility index (Phi) is 5.86. The third-order valence-electron chi connectivity index (χ3n) is 5.98. The standard InChI is InChI=1S/C29H18ClN3O5/c1-36-29(35)21-7-3-2-6-20(21)25-13-11-19(37-25)16-31-33-27(32-23-9-5-4-8-22(23)28(33)34)26-15-17-14-18(30)10-12-24(17)38-26/h2-16H,1H3. The molecule has 3 aromatic carbocycles. The van der Waals surface area contributed by atoms with Crippen molar-refractivity contribution in [2.24, 2.45) is 5.10 Å². The summed E-state index contributed by atoms with van der Waals surface area (Å²) in [6.07, 6.45) is 1.41. The van der Waals surface area contributed by atoms with Gasteiger partial charge in [-0.1, -0.05) is 41.9 Å². The molecule has 0 atom stereocenters. The van der Waals surface area contributed by atoms with E-state index in [1.165, 1.54) is 18.0 Å². The fourth-order valence-corrected chi connectivity index (χ4v) is 4.36. The second kappa shape index (κ2) is 9.49. The van der Waals surface area contributed by atoms with Crippen LogP contribution in [0.2, 0.25) is 5.02 Å². The van der Waals surface area contributed by atoms with Gasteiger partial charge in [-0.05, 0) is 54.6 Å². The average Bonchev–Trinajstić information content (AvgIpc) is 3.59. The smallest absolute Gasteiger partial charge is 0.338 e. The minimum absolute atomic E-state index is 0.222. The van der Waals surface area contributed by atoms with Crippen LogP contribution in [-0.2, 0) is 4.74 Å². The molecular formula is C29H18ClN3O5. The number of furan rings is 2. The number of hydrogen-bond donors (Lipinski definition) is 0. The minimum Gasteiger partial charge on any atom is -0.465 e. The van der Waals surface area contributed by atoms with Crippen molar-refractivity contribution in [3.05, 3.63) is 112 Å². The highest BCUT2D eigenvalue weighted by molar-refractivity contribution is 6.31. The van der Waals surface area contributed by atoms with E-state index in [0.717, 1.165) is 5.39 Å². The van der Waals surface area contributed by atoms with Gasteiger partial charge in [0.05, 0.1) is 29.8 Å². The maximum absolute atomic E-state index is 13.5. The summed E-state index contributed by atoms with van der Waals surface area (Å²) in [5, 5.41) is 6.15. The Labute approximate surface area is 220 Å². The maximum atomic E-state index is 13.5. The highest BCUT2D eigenvalue weighted by atomic mass is 35.5. The molecule has 0 spiro atoms. The van der Waals surface area contributed by atoms with Crippen molar-refractivity contribution < 1.29 is 18.4 Å². The molecule has 8 nitrogen and oxygen atoms in total. The van der Waals surface area contributed by atoms with E-state index in [1.54, 1.807) is 84.9 Å². The first-order valence-corrected chi connectivity index (χ1v) is 11.9. The number of carbonyl (C=O) groups excluding carboxylic acids is 1. The van der Waals surface area contributed by atoms with Gasteiger partial charge in [0.25, 0.3) is 5.56 Å². The van der Waals surface area contributed by atoms with Gasteiger partial charge in [0.15, 0.2) is 5.76 Å². The zero-order chi connectivity index (χ0) is 26.2. The molecular weight excluding hydrogens is 506 g/mol. The molecule has 0 N–H and O–H groups in total. The number of carbonyl (C=O) groups is 1. The van der Waals surface area contributed by atoms with Gasteiger partial charge in [0.1, 0.15) is 17.1 Å². The summed E-state index contributed by atoms with van der Waals surface area (Å²) in [6.45, 7) is 0. The summed E-state index contributed by atoms with van der Waals surface area (Å²) in [5.74, 6) is 0.917. The normalized spacial score (nSPS) is 11.5. The van der Waals surface area contributed by atoms with Crippen LogP contribution < -0.4 is 5.56 Å². The third-order valence-corrected chi connectivity index (χ3v) is 6.21. The van der Waals surface area contributed by atoms with E-state index in [9.17, 15) is 9.59 Å². The van der Waals surface area contributed by atoms with Crippen LogP contribution in [0.15, 0.2) is 104 Å². The fourth-order valence-electron chi connectivity index (χ4n) is 4.18. The number of esters is 1. The van der Waals surface area contributed by atoms with Gasteiger partial charge in [0.2, 0.25) is 5.82 Å². The molecule has 3 aromatic heterocycles. The number of para-hydroxylation sites is 1. The fraction of sp³-hybridized carbons (Fsp3) is 0.0345. The molecule has 9 heteroatoms. The monoisotopic (exact) mass is 523 g/mol. The zero-order valence-electron chi connectivity index (χ0n) is 19.9. The van der Waals surface area contributed by atoms with Crippen LogP contribution in [0.3, 0.4) is 0 Å². The Morgan fingerprint density at radius 1 is 0.974 bits per heavy atom. The van der Waals surface area contributed by atoms with Gasteiger partial charge >= 0.3 is 5.97 Å². The van der Waals surface area contributed by atoms with Gasteiger partial charge < -0.3 is 13.6 Å². The molecule has 0 bridgehead atoms. The molecule has 6 rings (SSSR count). The summed E-state index contributed by atoms with van der Waals surface area (Å²) in [6, 6.07) is 24.4. The van der Waals surface area contributed by atoms with Crippen molar-refractivity contribution in [2.45, 2.75) is 0 Å². The first-order valence-electron chi connectivity index (χ1n) is 11.5. The highest BCUT2D eigenvalue weighted by Gasteiger charge is 2.18. The number of benzene rings is 3. The second-order valence-electron chi connectivity index (χ2n) is 8.35. The largest absolute Gasteiger partial charge is 0.465 e. The first-order chi connectivity index (χ1) is 18.5. The Hall–Kier alpha value is -4.95. The minimum atomic E-state index is -0.474. The van der Waals surface area contributed by atoms with Crippen molar-refractivity contribution in [1.29, 1.82) is 0 Å². The number of halogens is 1. The number of methoxy groups -OCH3 is 1. The lowest BCUT2D eigenvalue weighted by Gasteiger charge is -2.07. The zero-order valence-corrected chi connectivity index (χ0v) is 20.7. The molecule has 0 radical (unpaired) electrons. The van der Waals surface area contributed by atoms with Crippen LogP contribution in [0.4, 0.5) is 0 Å². The molecule has 186 valence electrons. The molecule has 0 amide bonds. The molecule has 0 fully saturated rings. The van der Waals surface area contributed by atoms with E-state index in [2.05, 4.69) is 10.1 Å². The Morgan fingerprint density at radius 2 is 1.79 bits per heavy atom. The number of rotatable bonds is 5. The van der Waals surface area contributed by atoms with Crippen molar-refractivity contribution >= 4 is 45.7 Å². The molecule has 0 saturated heterocycles. The van der Waals surface area contributed by atoms with E-state index in [0.29, 0.717) is 49.9 Å². The van der Waals surface area contributed by atoms with E-state index >= 15 is 0 Å². The number of hydrogen-bond acceptors (Lipinski definition) is 7. The predicted molar refractivity (Wildman–Crippen MR) is 145 cm³/mol. The predicted octanol–water partition coefficient (Wildman–Crippen LogP) is 6.39. The van der Waals surface area contributed by atoms with Crippen molar-refractivity contribution in [1.82, 2.24) is 9.66 Å². The number of fused-ring (bicyclic) bond motifs is 2. The maximum Gasteiger partial charge on any atom is 0.338 e. The van der Waals surface area contributed by atoms with Gasteiger partial charge in [-0.15, -0.1) is 0 Å². The molecule has 0 aliphatic heterocycles. The van der Waals surface area contributed by atoms with Crippen LogP contribution in [0, 0.1) is 0 Å². The van der Waals surface area contributed by atoms with Crippen LogP contribution in [0.1, 0.15) is 16.1 Å². The Bertz CT molecular complexity index is 1930. The molecule has 6 aromatic rings. The third kappa shape index (κ3) is 4.16. The van der Waals surface area contributed by atoms with Gasteiger partial charge in [-0.2, -0.15) is 9.78 Å². The lowest BCUT2D eigenvalue weighted by Crippen LogP contribution is -2.20. The summed E-state index contributed by atoms with van der Waals surface area (Å²) in [7, 11) is 1.32. The highest BCUT2D eigenvalue weighted by Crippen LogP contribution is 2.29. The quantitative estimate of drug-likeness (QED) is 0.192. The molecule has 0 unspecified atom stereocenters. The lowest BCUT2D eigenvalue weighted by atomic mass is 10.1. The van der Waals surface area contributed by atoms with Crippen molar-refractivity contribution in [2.75, 3.05) is 7.11 Å². The Balaban J connectivity index is 1.45. The van der Waals surface area contributed by atoms with Crippen molar-refractivity contribution in [3.63, 3.8) is 0 Å². The molecule has 0 aliphatic rings. The molecule has 0 saturated carbocycles. The Morgan fingerprint density at radius 3 is 2.66 bits per heavy atom. The molecule has 38 heavy (non-hydrogen) atoms. The van der Waals surface area contributed by atoms with Crippen LogP contribution in [-0.4, -0.2) is 29.0 Å². The van der Waals surface area contributed by atoms with Gasteiger partial charge in [-0.3, -0.25) is 4.79 Å². The lowest BCUT2D eigenvalue weighted by molar-refractivity contribution is 0.0601. The molecule has 3 heterocycles. The second-order valence-corrected chi connectivity index (χ2v) is 8.78. The SMILES string of the molecule is COC(=O)c1ccccc1-c1ccc(C=Nn2c(-c3cc4cc(Cl)ccc4o3)nc3ccccc3c2=O)o1.